The lowest BCUT2D eigenvalue weighted by atomic mass is 9.90. The number of benzene rings is 2. The van der Waals surface area contributed by atoms with Crippen molar-refractivity contribution in [2.24, 2.45) is 0 Å². The highest BCUT2D eigenvalue weighted by atomic mass is 35.6. The first-order chi connectivity index (χ1) is 18.6. The van der Waals surface area contributed by atoms with Gasteiger partial charge in [-0.1, -0.05) is 107 Å². The standard InChI is InChI=1S/C26H28Cl6F2N4O2/c1-13-7-9-15(11-17(13)33)21(25(27,28)29)37-23(39)35-19-5-3-4-6-20(19)36-24(40)38-22(26(30,31)32)16-10-8-14(2)18(34)12-16/h7-12,19-22H,3-6H2,1-2H3,(H2,35,37,39)(H2,36,38,40)/t19-,20-,21+,22+/m1/s1. The summed E-state index contributed by atoms with van der Waals surface area (Å²) in [5.74, 6) is -1.02. The molecule has 2 aromatic rings. The summed E-state index contributed by atoms with van der Waals surface area (Å²) in [4.78, 5) is 25.9. The van der Waals surface area contributed by atoms with Crippen molar-refractivity contribution in [2.75, 3.05) is 0 Å². The predicted octanol–water partition coefficient (Wildman–Crippen LogP) is 8.01. The summed E-state index contributed by atoms with van der Waals surface area (Å²) in [6, 6.07) is 3.88. The molecule has 220 valence electrons. The van der Waals surface area contributed by atoms with Gasteiger partial charge in [0.15, 0.2) is 0 Å². The number of rotatable bonds is 6. The summed E-state index contributed by atoms with van der Waals surface area (Å²) in [7, 11) is 0. The zero-order chi connectivity index (χ0) is 29.8. The summed E-state index contributed by atoms with van der Waals surface area (Å²) in [6.07, 6.45) is 2.68. The molecule has 0 spiro atoms. The summed E-state index contributed by atoms with van der Waals surface area (Å²) in [5, 5.41) is 10.8. The molecule has 4 atom stereocenters. The van der Waals surface area contributed by atoms with Crippen LogP contribution in [0.1, 0.15) is 60.0 Å². The van der Waals surface area contributed by atoms with Crippen molar-refractivity contribution >= 4 is 81.7 Å². The number of urea groups is 2. The van der Waals surface area contributed by atoms with Crippen LogP contribution in [0.2, 0.25) is 0 Å². The van der Waals surface area contributed by atoms with E-state index in [0.717, 1.165) is 12.8 Å². The maximum absolute atomic E-state index is 14.2. The van der Waals surface area contributed by atoms with Gasteiger partial charge in [0.1, 0.15) is 23.7 Å². The lowest BCUT2D eigenvalue weighted by Crippen LogP contribution is -2.58. The second-order valence-electron chi connectivity index (χ2n) is 9.70. The van der Waals surface area contributed by atoms with E-state index < -0.39 is 55.4 Å². The highest BCUT2D eigenvalue weighted by molar-refractivity contribution is 6.68. The van der Waals surface area contributed by atoms with E-state index in [1.807, 2.05) is 0 Å². The normalized spacial score (nSPS) is 19.4. The fraction of sp³-hybridized carbons (Fsp3) is 0.462. The molecule has 4 amide bonds. The van der Waals surface area contributed by atoms with Gasteiger partial charge in [-0.05, 0) is 61.1 Å². The fourth-order valence-corrected chi connectivity index (χ4v) is 5.53. The third kappa shape index (κ3) is 9.04. The highest BCUT2D eigenvalue weighted by Crippen LogP contribution is 2.41. The zero-order valence-corrected chi connectivity index (χ0v) is 26.0. The predicted molar refractivity (Wildman–Crippen MR) is 158 cm³/mol. The number of carbonyl (C=O) groups excluding carboxylic acids is 2. The van der Waals surface area contributed by atoms with Crippen LogP contribution in [-0.2, 0) is 0 Å². The molecule has 0 aliphatic heterocycles. The third-order valence-corrected chi connectivity index (χ3v) is 7.97. The molecule has 2 aromatic carbocycles. The van der Waals surface area contributed by atoms with E-state index in [0.29, 0.717) is 24.0 Å². The van der Waals surface area contributed by atoms with Crippen LogP contribution >= 0.6 is 69.6 Å². The van der Waals surface area contributed by atoms with Gasteiger partial charge in [-0.15, -0.1) is 0 Å². The van der Waals surface area contributed by atoms with E-state index in [9.17, 15) is 18.4 Å². The molecule has 1 aliphatic carbocycles. The van der Waals surface area contributed by atoms with Crippen LogP contribution < -0.4 is 21.3 Å². The van der Waals surface area contributed by atoms with E-state index in [-0.39, 0.29) is 11.1 Å². The average molecular weight is 679 g/mol. The molecule has 3 rings (SSSR count). The molecule has 0 radical (unpaired) electrons. The van der Waals surface area contributed by atoms with Crippen LogP contribution in [-0.4, -0.2) is 31.7 Å². The average Bonchev–Trinajstić information content (AvgIpc) is 2.84. The monoisotopic (exact) mass is 676 g/mol. The second kappa shape index (κ2) is 13.7. The van der Waals surface area contributed by atoms with Crippen LogP contribution in [0.25, 0.3) is 0 Å². The van der Waals surface area contributed by atoms with Crippen LogP contribution in [0.3, 0.4) is 0 Å². The van der Waals surface area contributed by atoms with Gasteiger partial charge in [-0.25, -0.2) is 18.4 Å². The first-order valence-corrected chi connectivity index (χ1v) is 14.6. The Kier molecular flexibility index (Phi) is 11.3. The van der Waals surface area contributed by atoms with Crippen LogP contribution in [0.15, 0.2) is 36.4 Å². The molecule has 14 heteroatoms. The molecule has 4 N–H and O–H groups in total. The van der Waals surface area contributed by atoms with Gasteiger partial charge in [0.05, 0.1) is 12.1 Å². The molecular formula is C26H28Cl6F2N4O2. The summed E-state index contributed by atoms with van der Waals surface area (Å²) in [5.41, 5.74) is 1.33. The number of nitrogens with one attached hydrogen (secondary N) is 4. The number of halogens is 8. The maximum atomic E-state index is 14.2. The fourth-order valence-electron chi connectivity index (χ4n) is 4.44. The number of aryl methyl sites for hydroxylation is 2. The van der Waals surface area contributed by atoms with Crippen LogP contribution in [0.5, 0.6) is 0 Å². The molecule has 1 fully saturated rings. The Morgan fingerprint density at radius 3 is 1.38 bits per heavy atom. The van der Waals surface area contributed by atoms with Gasteiger partial charge in [0.25, 0.3) is 0 Å². The minimum atomic E-state index is -1.98. The minimum Gasteiger partial charge on any atom is -0.333 e. The van der Waals surface area contributed by atoms with E-state index in [2.05, 4.69) is 21.3 Å². The first-order valence-electron chi connectivity index (χ1n) is 12.4. The Balaban J connectivity index is 1.70. The molecule has 40 heavy (non-hydrogen) atoms. The Hall–Kier alpha value is -1.42. The zero-order valence-electron chi connectivity index (χ0n) is 21.4. The minimum absolute atomic E-state index is 0.265. The van der Waals surface area contributed by atoms with Crippen molar-refractivity contribution in [2.45, 2.75) is 71.3 Å². The lowest BCUT2D eigenvalue weighted by Gasteiger charge is -2.35. The number of amides is 4. The number of alkyl halides is 6. The Labute approximate surface area is 261 Å². The van der Waals surface area contributed by atoms with Crippen LogP contribution in [0, 0.1) is 25.5 Å². The number of hydrogen-bond donors (Lipinski definition) is 4. The van der Waals surface area contributed by atoms with Crippen molar-refractivity contribution in [1.82, 2.24) is 21.3 Å². The summed E-state index contributed by atoms with van der Waals surface area (Å²) < 4.78 is 24.4. The lowest BCUT2D eigenvalue weighted by molar-refractivity contribution is 0.210. The maximum Gasteiger partial charge on any atom is 0.315 e. The second-order valence-corrected chi connectivity index (χ2v) is 14.4. The van der Waals surface area contributed by atoms with Gasteiger partial charge in [-0.2, -0.15) is 0 Å². The van der Waals surface area contributed by atoms with Crippen molar-refractivity contribution < 1.29 is 18.4 Å². The van der Waals surface area contributed by atoms with Crippen molar-refractivity contribution in [3.8, 4) is 0 Å². The van der Waals surface area contributed by atoms with Gasteiger partial charge in [-0.3, -0.25) is 0 Å². The van der Waals surface area contributed by atoms with E-state index in [1.54, 1.807) is 26.0 Å². The molecule has 0 heterocycles. The molecule has 0 bridgehead atoms. The summed E-state index contributed by atoms with van der Waals surface area (Å²) >= 11 is 36.7. The third-order valence-electron chi connectivity index (χ3n) is 6.66. The van der Waals surface area contributed by atoms with E-state index >= 15 is 0 Å². The van der Waals surface area contributed by atoms with E-state index in [4.69, 9.17) is 69.6 Å². The van der Waals surface area contributed by atoms with Crippen molar-refractivity contribution in [1.29, 1.82) is 0 Å². The molecule has 0 aromatic heterocycles. The highest BCUT2D eigenvalue weighted by Gasteiger charge is 2.38. The number of hydrogen-bond acceptors (Lipinski definition) is 2. The molecule has 1 saturated carbocycles. The topological polar surface area (TPSA) is 82.3 Å². The van der Waals surface area contributed by atoms with Gasteiger partial charge in [0.2, 0.25) is 7.59 Å². The Bertz CT molecular complexity index is 1130. The number of carbonyl (C=O) groups is 2. The van der Waals surface area contributed by atoms with Gasteiger partial charge >= 0.3 is 12.1 Å². The Morgan fingerprint density at radius 2 is 1.07 bits per heavy atom. The van der Waals surface area contributed by atoms with Gasteiger partial charge in [0, 0.05) is 0 Å². The van der Waals surface area contributed by atoms with Gasteiger partial charge < -0.3 is 21.3 Å². The van der Waals surface area contributed by atoms with Crippen molar-refractivity contribution in [3.63, 3.8) is 0 Å². The molecule has 0 saturated heterocycles. The quantitative estimate of drug-likeness (QED) is 0.234. The first kappa shape index (κ1) is 33.1. The molecule has 0 unspecified atom stereocenters. The summed E-state index contributed by atoms with van der Waals surface area (Å²) in [6.45, 7) is 3.18. The SMILES string of the molecule is Cc1ccc([C@H](NC(=O)N[C@@H]2CCCC[C@H]2NC(=O)N[C@@H](c2ccc(C)c(F)c2)C(Cl)(Cl)Cl)C(Cl)(Cl)Cl)cc1F. The van der Waals surface area contributed by atoms with E-state index in [1.165, 1.54) is 24.3 Å². The largest absolute Gasteiger partial charge is 0.333 e. The van der Waals surface area contributed by atoms with Crippen LogP contribution in [0.4, 0.5) is 18.4 Å². The molecular weight excluding hydrogens is 651 g/mol. The smallest absolute Gasteiger partial charge is 0.315 e. The molecule has 1 aliphatic rings. The Morgan fingerprint density at radius 1 is 0.725 bits per heavy atom. The van der Waals surface area contributed by atoms with Crippen molar-refractivity contribution in [3.05, 3.63) is 70.3 Å². The molecule has 6 nitrogen and oxygen atoms in total.